The van der Waals surface area contributed by atoms with Gasteiger partial charge in [-0.05, 0) is 19.9 Å². The molecular weight excluding hydrogens is 332 g/mol. The molecule has 11 heteroatoms. The lowest BCUT2D eigenvalue weighted by Crippen LogP contribution is -2.33. The molecule has 25 heavy (non-hydrogen) atoms. The first-order valence-electron chi connectivity index (χ1n) is 7.40. The van der Waals surface area contributed by atoms with E-state index >= 15 is 0 Å². The highest BCUT2D eigenvalue weighted by Crippen LogP contribution is 1.96. The number of hydrogen-bond donors (Lipinski definition) is 4. The molecule has 0 unspecified atom stereocenters. The van der Waals surface area contributed by atoms with Crippen LogP contribution in [-0.4, -0.2) is 48.8 Å². The highest BCUT2D eigenvalue weighted by atomic mass is 16.3. The summed E-state index contributed by atoms with van der Waals surface area (Å²) >= 11 is 0. The molecule has 0 aromatic carbocycles. The standard InChI is InChI=1S/C13H18N6O3.CH2O2/c1-8-7-9(2)19(13(22)15-8)6-5-14-11(20)4-3-10-16-12(21)18-17-10;2-1-3/h7H,3-6H2,1-2H3,(H,14,20)(H2,16,17,18,21);1H,(H,2,3). The summed E-state index contributed by atoms with van der Waals surface area (Å²) < 4.78 is 1.51. The van der Waals surface area contributed by atoms with Gasteiger partial charge in [-0.15, -0.1) is 0 Å². The number of amides is 1. The van der Waals surface area contributed by atoms with E-state index in [1.165, 1.54) is 4.57 Å². The molecule has 0 aliphatic carbocycles. The van der Waals surface area contributed by atoms with Gasteiger partial charge in [0, 0.05) is 37.3 Å². The Morgan fingerprint density at radius 1 is 1.40 bits per heavy atom. The van der Waals surface area contributed by atoms with Gasteiger partial charge in [0.05, 0.1) is 0 Å². The number of nitrogens with one attached hydrogen (secondary N) is 3. The molecule has 2 aromatic rings. The van der Waals surface area contributed by atoms with Gasteiger partial charge in [0.2, 0.25) is 5.91 Å². The number of nitrogens with zero attached hydrogens (tertiary/aromatic N) is 3. The minimum atomic E-state index is -0.392. The van der Waals surface area contributed by atoms with E-state index in [0.717, 1.165) is 5.69 Å². The number of aromatic nitrogens is 5. The van der Waals surface area contributed by atoms with E-state index in [2.05, 4.69) is 25.5 Å². The topological polar surface area (TPSA) is 163 Å². The number of carboxylic acid groups (broad SMARTS) is 1. The van der Waals surface area contributed by atoms with Crippen molar-refractivity contribution in [1.82, 2.24) is 30.0 Å². The van der Waals surface area contributed by atoms with E-state index in [1.54, 1.807) is 6.92 Å². The number of carbonyl (C=O) groups excluding carboxylic acids is 1. The van der Waals surface area contributed by atoms with E-state index in [4.69, 9.17) is 9.90 Å². The zero-order valence-corrected chi connectivity index (χ0v) is 13.9. The molecule has 0 saturated heterocycles. The lowest BCUT2D eigenvalue weighted by molar-refractivity contribution is -0.123. The van der Waals surface area contributed by atoms with E-state index in [1.807, 2.05) is 13.0 Å². The Hall–Kier alpha value is -3.24. The van der Waals surface area contributed by atoms with Crippen LogP contribution in [0.5, 0.6) is 0 Å². The predicted octanol–water partition coefficient (Wildman–Crippen LogP) is -1.28. The van der Waals surface area contributed by atoms with Gasteiger partial charge in [0.25, 0.3) is 6.47 Å². The fraction of sp³-hybridized carbons (Fsp3) is 0.429. The van der Waals surface area contributed by atoms with Crippen LogP contribution >= 0.6 is 0 Å². The summed E-state index contributed by atoms with van der Waals surface area (Å²) in [5.74, 6) is 0.268. The van der Waals surface area contributed by atoms with Crippen LogP contribution in [0.3, 0.4) is 0 Å². The minimum Gasteiger partial charge on any atom is -0.483 e. The molecule has 0 aliphatic heterocycles. The molecule has 4 N–H and O–H groups in total. The van der Waals surface area contributed by atoms with Crippen LogP contribution in [0.15, 0.2) is 15.7 Å². The second kappa shape index (κ2) is 9.80. The van der Waals surface area contributed by atoms with Crippen LogP contribution in [-0.2, 0) is 22.6 Å². The number of rotatable bonds is 6. The first-order chi connectivity index (χ1) is 11.9. The van der Waals surface area contributed by atoms with Crippen molar-refractivity contribution in [1.29, 1.82) is 0 Å². The Kier molecular flexibility index (Phi) is 7.76. The van der Waals surface area contributed by atoms with Crippen LogP contribution < -0.4 is 16.7 Å². The van der Waals surface area contributed by atoms with Crippen LogP contribution in [0.2, 0.25) is 0 Å². The third-order valence-corrected chi connectivity index (χ3v) is 3.14. The molecule has 0 fully saturated rings. The van der Waals surface area contributed by atoms with Crippen molar-refractivity contribution in [3.63, 3.8) is 0 Å². The Bertz CT molecular complexity index is 822. The molecule has 0 atom stereocenters. The molecule has 0 radical (unpaired) electrons. The van der Waals surface area contributed by atoms with Gasteiger partial charge < -0.3 is 10.4 Å². The maximum atomic E-state index is 11.7. The van der Waals surface area contributed by atoms with Crippen molar-refractivity contribution < 1.29 is 14.7 Å². The third-order valence-electron chi connectivity index (χ3n) is 3.14. The SMILES string of the molecule is Cc1cc(C)n(CCNC(=O)CCc2n[nH]c(=O)[nH]2)c(=O)n1.O=CO. The summed E-state index contributed by atoms with van der Waals surface area (Å²) in [4.78, 5) is 49.0. The van der Waals surface area contributed by atoms with E-state index in [0.29, 0.717) is 31.0 Å². The van der Waals surface area contributed by atoms with Crippen LogP contribution in [0.1, 0.15) is 23.6 Å². The molecule has 0 spiro atoms. The number of aromatic amines is 2. The summed E-state index contributed by atoms with van der Waals surface area (Å²) in [6.07, 6.45) is 0.552. The maximum Gasteiger partial charge on any atom is 0.348 e. The summed E-state index contributed by atoms with van der Waals surface area (Å²) in [5, 5.41) is 15.6. The molecule has 11 nitrogen and oxygen atoms in total. The van der Waals surface area contributed by atoms with Crippen LogP contribution in [0.4, 0.5) is 0 Å². The normalized spacial score (nSPS) is 9.84. The molecule has 0 aliphatic rings. The second-order valence-electron chi connectivity index (χ2n) is 5.05. The van der Waals surface area contributed by atoms with E-state index in [-0.39, 0.29) is 24.5 Å². The first-order valence-corrected chi connectivity index (χ1v) is 7.40. The summed E-state index contributed by atoms with van der Waals surface area (Å²) in [7, 11) is 0. The summed E-state index contributed by atoms with van der Waals surface area (Å²) in [6.45, 7) is 4.04. The lowest BCUT2D eigenvalue weighted by Gasteiger charge is -2.10. The first kappa shape index (κ1) is 19.8. The Morgan fingerprint density at radius 2 is 2.08 bits per heavy atom. The number of H-pyrrole nitrogens is 2. The van der Waals surface area contributed by atoms with Gasteiger partial charge in [0.1, 0.15) is 5.82 Å². The second-order valence-corrected chi connectivity index (χ2v) is 5.05. The van der Waals surface area contributed by atoms with Gasteiger partial charge in [-0.1, -0.05) is 0 Å². The van der Waals surface area contributed by atoms with Crippen molar-refractivity contribution in [3.8, 4) is 0 Å². The lowest BCUT2D eigenvalue weighted by atomic mass is 10.3. The van der Waals surface area contributed by atoms with Gasteiger partial charge in [-0.25, -0.2) is 14.7 Å². The van der Waals surface area contributed by atoms with Crippen LogP contribution in [0.25, 0.3) is 0 Å². The smallest absolute Gasteiger partial charge is 0.348 e. The van der Waals surface area contributed by atoms with Gasteiger partial charge in [-0.2, -0.15) is 10.1 Å². The molecular formula is C14H20N6O5. The number of aryl methyl sites for hydroxylation is 3. The van der Waals surface area contributed by atoms with E-state index in [9.17, 15) is 14.4 Å². The highest BCUT2D eigenvalue weighted by Gasteiger charge is 2.06. The summed E-state index contributed by atoms with van der Waals surface area (Å²) in [5.41, 5.74) is 0.773. The molecule has 136 valence electrons. The third kappa shape index (κ3) is 6.81. The Labute approximate surface area is 142 Å². The molecule has 1 amide bonds. The monoisotopic (exact) mass is 352 g/mol. The van der Waals surface area contributed by atoms with Crippen molar-refractivity contribution >= 4 is 12.4 Å². The van der Waals surface area contributed by atoms with Gasteiger partial charge in [0.15, 0.2) is 0 Å². The van der Waals surface area contributed by atoms with Crippen molar-refractivity contribution in [2.45, 2.75) is 33.2 Å². The van der Waals surface area contributed by atoms with Crippen molar-refractivity contribution in [2.75, 3.05) is 6.54 Å². The van der Waals surface area contributed by atoms with Crippen molar-refractivity contribution in [2.24, 2.45) is 0 Å². The average Bonchev–Trinajstić information content (AvgIpc) is 2.94. The fourth-order valence-electron chi connectivity index (χ4n) is 2.10. The zero-order chi connectivity index (χ0) is 18.8. The number of carbonyl (C=O) groups is 2. The zero-order valence-electron chi connectivity index (χ0n) is 13.9. The van der Waals surface area contributed by atoms with Gasteiger partial charge in [-0.3, -0.25) is 19.1 Å². The molecule has 2 heterocycles. The Balaban J connectivity index is 0.000000970. The Morgan fingerprint density at radius 3 is 2.64 bits per heavy atom. The van der Waals surface area contributed by atoms with Gasteiger partial charge >= 0.3 is 11.4 Å². The molecule has 0 bridgehead atoms. The van der Waals surface area contributed by atoms with Crippen LogP contribution in [0, 0.1) is 13.8 Å². The van der Waals surface area contributed by atoms with Crippen molar-refractivity contribution in [3.05, 3.63) is 44.2 Å². The highest BCUT2D eigenvalue weighted by molar-refractivity contribution is 5.75. The summed E-state index contributed by atoms with van der Waals surface area (Å²) in [6, 6.07) is 1.82. The van der Waals surface area contributed by atoms with E-state index < -0.39 is 5.69 Å². The maximum absolute atomic E-state index is 11.7. The molecule has 2 rings (SSSR count). The number of hydrogen-bond acceptors (Lipinski definition) is 6. The predicted molar refractivity (Wildman–Crippen MR) is 87.2 cm³/mol. The average molecular weight is 352 g/mol. The molecule has 0 saturated carbocycles. The fourth-order valence-corrected chi connectivity index (χ4v) is 2.10. The molecule has 2 aromatic heterocycles. The minimum absolute atomic E-state index is 0.172. The quantitative estimate of drug-likeness (QED) is 0.470. The largest absolute Gasteiger partial charge is 0.483 e.